The maximum absolute atomic E-state index is 12.0. The molecule has 1 saturated heterocycles. The van der Waals surface area contributed by atoms with Crippen molar-refractivity contribution in [1.29, 1.82) is 0 Å². The zero-order chi connectivity index (χ0) is 15.5. The Bertz CT molecular complexity index is 620. The summed E-state index contributed by atoms with van der Waals surface area (Å²) in [7, 11) is -3.47. The van der Waals surface area contributed by atoms with Crippen LogP contribution in [0.25, 0.3) is 0 Å². The second-order valence-corrected chi connectivity index (χ2v) is 7.03. The van der Waals surface area contributed by atoms with Gasteiger partial charge in [0.2, 0.25) is 10.0 Å². The molecule has 1 aliphatic rings. The van der Waals surface area contributed by atoms with Gasteiger partial charge in [-0.2, -0.15) is 0 Å². The monoisotopic (exact) mass is 332 g/mol. The molecule has 0 radical (unpaired) electrons. The summed E-state index contributed by atoms with van der Waals surface area (Å²) in [4.78, 5) is 13.0. The van der Waals surface area contributed by atoms with Crippen molar-refractivity contribution < 1.29 is 17.9 Å². The molecule has 0 spiro atoms. The number of alkyl halides is 1. The highest BCUT2D eigenvalue weighted by Crippen LogP contribution is 2.23. The van der Waals surface area contributed by atoms with E-state index in [1.807, 2.05) is 0 Å². The number of amides is 1. The molecule has 0 aromatic heterocycles. The molecule has 1 aromatic carbocycles. The van der Waals surface area contributed by atoms with Crippen LogP contribution in [0, 0.1) is 5.92 Å². The van der Waals surface area contributed by atoms with Crippen LogP contribution in [0.2, 0.25) is 0 Å². The fourth-order valence-electron chi connectivity index (χ4n) is 2.01. The van der Waals surface area contributed by atoms with Gasteiger partial charge in [-0.15, -0.1) is 11.6 Å². The van der Waals surface area contributed by atoms with Gasteiger partial charge in [-0.25, -0.2) is 13.2 Å². The minimum Gasteiger partial charge on any atom is -0.447 e. The first-order valence-corrected chi connectivity index (χ1v) is 8.71. The second kappa shape index (κ2) is 6.53. The van der Waals surface area contributed by atoms with Crippen LogP contribution in [0.4, 0.5) is 16.2 Å². The van der Waals surface area contributed by atoms with E-state index in [9.17, 15) is 13.2 Å². The number of hydrogen-bond donors (Lipinski definition) is 1. The lowest BCUT2D eigenvalue weighted by Gasteiger charge is -2.15. The minimum atomic E-state index is -3.47. The maximum Gasteiger partial charge on any atom is 0.414 e. The number of nitrogens with one attached hydrogen (secondary N) is 1. The van der Waals surface area contributed by atoms with Crippen molar-refractivity contribution in [3.8, 4) is 0 Å². The van der Waals surface area contributed by atoms with Crippen molar-refractivity contribution in [2.75, 3.05) is 34.4 Å². The van der Waals surface area contributed by atoms with Gasteiger partial charge in [-0.05, 0) is 24.1 Å². The van der Waals surface area contributed by atoms with Crippen molar-refractivity contribution in [3.63, 3.8) is 0 Å². The number of hydrogen-bond acceptors (Lipinski definition) is 4. The standard InChI is InChI=1S/C13H17ClN2O4S/c1-10(8-14)9-21(18,19)15-11-3-2-4-12(7-11)16-5-6-20-13(16)17/h2-4,7,10,15H,5-6,8-9H2,1H3. The largest absolute Gasteiger partial charge is 0.447 e. The third kappa shape index (κ3) is 4.25. The van der Waals surface area contributed by atoms with E-state index in [0.717, 1.165) is 0 Å². The number of rotatable bonds is 6. The van der Waals surface area contributed by atoms with Gasteiger partial charge in [-0.3, -0.25) is 9.62 Å². The smallest absolute Gasteiger partial charge is 0.414 e. The molecular formula is C13H17ClN2O4S. The summed E-state index contributed by atoms with van der Waals surface area (Å²) in [6, 6.07) is 6.65. The van der Waals surface area contributed by atoms with Gasteiger partial charge in [0.1, 0.15) is 6.61 Å². The SMILES string of the molecule is CC(CCl)CS(=O)(=O)Nc1cccc(N2CCOC2=O)c1. The van der Waals surface area contributed by atoms with Crippen LogP contribution in [-0.4, -0.2) is 39.3 Å². The molecule has 1 amide bonds. The van der Waals surface area contributed by atoms with Gasteiger partial charge in [0.05, 0.1) is 18.0 Å². The summed E-state index contributed by atoms with van der Waals surface area (Å²) in [5.74, 6) is 0.0912. The molecule has 1 aliphatic heterocycles. The molecule has 1 unspecified atom stereocenters. The molecule has 1 N–H and O–H groups in total. The average Bonchev–Trinajstić information content (AvgIpc) is 2.84. The Morgan fingerprint density at radius 1 is 1.48 bits per heavy atom. The van der Waals surface area contributed by atoms with Crippen molar-refractivity contribution in [2.45, 2.75) is 6.92 Å². The van der Waals surface area contributed by atoms with Gasteiger partial charge in [0.15, 0.2) is 0 Å². The maximum atomic E-state index is 12.0. The molecule has 0 bridgehead atoms. The van der Waals surface area contributed by atoms with Gasteiger partial charge < -0.3 is 4.74 Å². The predicted octanol–water partition coefficient (Wildman–Crippen LogP) is 2.26. The van der Waals surface area contributed by atoms with Crippen LogP contribution in [0.15, 0.2) is 24.3 Å². The fraction of sp³-hybridized carbons (Fsp3) is 0.462. The summed E-state index contributed by atoms with van der Waals surface area (Å²) in [5, 5.41) is 0. The highest BCUT2D eigenvalue weighted by atomic mass is 35.5. The second-order valence-electron chi connectivity index (χ2n) is 4.96. The molecule has 21 heavy (non-hydrogen) atoms. The third-order valence-corrected chi connectivity index (χ3v) is 5.04. The molecule has 1 atom stereocenters. The van der Waals surface area contributed by atoms with Crippen LogP contribution in [0.5, 0.6) is 0 Å². The number of benzene rings is 1. The molecular weight excluding hydrogens is 316 g/mol. The van der Waals surface area contributed by atoms with E-state index in [4.69, 9.17) is 16.3 Å². The summed E-state index contributed by atoms with van der Waals surface area (Å²) in [5.41, 5.74) is 1.01. The minimum absolute atomic E-state index is 0.0491. The quantitative estimate of drug-likeness (QED) is 0.811. The lowest BCUT2D eigenvalue weighted by Crippen LogP contribution is -2.24. The Morgan fingerprint density at radius 3 is 2.86 bits per heavy atom. The normalized spacial score (nSPS) is 16.7. The van der Waals surface area contributed by atoms with Gasteiger partial charge in [-0.1, -0.05) is 13.0 Å². The number of halogens is 1. The first-order chi connectivity index (χ1) is 9.91. The van der Waals surface area contributed by atoms with E-state index in [0.29, 0.717) is 24.5 Å². The van der Waals surface area contributed by atoms with E-state index in [2.05, 4.69) is 4.72 Å². The van der Waals surface area contributed by atoms with Crippen LogP contribution >= 0.6 is 11.6 Å². The molecule has 1 heterocycles. The predicted molar refractivity (Wildman–Crippen MR) is 82.4 cm³/mol. The Labute approximate surface area is 129 Å². The van der Waals surface area contributed by atoms with E-state index < -0.39 is 16.1 Å². The van der Waals surface area contributed by atoms with Gasteiger partial charge in [0, 0.05) is 11.6 Å². The number of sulfonamides is 1. The molecule has 1 fully saturated rings. The first kappa shape index (κ1) is 15.9. The van der Waals surface area contributed by atoms with E-state index in [1.165, 1.54) is 4.90 Å². The lowest BCUT2D eigenvalue weighted by molar-refractivity contribution is 0.181. The molecule has 116 valence electrons. The Hall–Kier alpha value is -1.47. The topological polar surface area (TPSA) is 75.7 Å². The Balaban J connectivity index is 2.12. The van der Waals surface area contributed by atoms with E-state index >= 15 is 0 Å². The Kier molecular flexibility index (Phi) is 4.95. The lowest BCUT2D eigenvalue weighted by atomic mass is 10.2. The summed E-state index contributed by atoms with van der Waals surface area (Å²) >= 11 is 5.64. The van der Waals surface area contributed by atoms with Crippen molar-refractivity contribution in [2.24, 2.45) is 5.92 Å². The number of cyclic esters (lactones) is 1. The first-order valence-electron chi connectivity index (χ1n) is 6.52. The van der Waals surface area contributed by atoms with E-state index in [-0.39, 0.29) is 17.6 Å². The molecule has 0 saturated carbocycles. The zero-order valence-electron chi connectivity index (χ0n) is 11.6. The van der Waals surface area contributed by atoms with Gasteiger partial charge >= 0.3 is 6.09 Å². The fourth-order valence-corrected chi connectivity index (χ4v) is 3.68. The van der Waals surface area contributed by atoms with Crippen molar-refractivity contribution in [3.05, 3.63) is 24.3 Å². The third-order valence-electron chi connectivity index (χ3n) is 2.96. The van der Waals surface area contributed by atoms with Crippen molar-refractivity contribution in [1.82, 2.24) is 0 Å². The molecule has 8 heteroatoms. The number of ether oxygens (including phenoxy) is 1. The number of carbonyl (C=O) groups is 1. The number of carbonyl (C=O) groups excluding carboxylic acids is 1. The van der Waals surface area contributed by atoms with Crippen LogP contribution < -0.4 is 9.62 Å². The van der Waals surface area contributed by atoms with Gasteiger partial charge in [0.25, 0.3) is 0 Å². The highest BCUT2D eigenvalue weighted by molar-refractivity contribution is 7.92. The average molecular weight is 333 g/mol. The van der Waals surface area contributed by atoms with E-state index in [1.54, 1.807) is 31.2 Å². The Morgan fingerprint density at radius 2 is 2.24 bits per heavy atom. The number of nitrogens with zero attached hydrogens (tertiary/aromatic N) is 1. The van der Waals surface area contributed by atoms with Crippen LogP contribution in [0.3, 0.4) is 0 Å². The van der Waals surface area contributed by atoms with Crippen molar-refractivity contribution >= 4 is 39.1 Å². The molecule has 6 nitrogen and oxygen atoms in total. The summed E-state index contributed by atoms with van der Waals surface area (Å²) < 4.78 is 31.3. The number of anilines is 2. The molecule has 2 rings (SSSR count). The van der Waals surface area contributed by atoms with Crippen LogP contribution in [0.1, 0.15) is 6.92 Å². The highest BCUT2D eigenvalue weighted by Gasteiger charge is 2.24. The summed E-state index contributed by atoms with van der Waals surface area (Å²) in [6.45, 7) is 2.56. The zero-order valence-corrected chi connectivity index (χ0v) is 13.2. The summed E-state index contributed by atoms with van der Waals surface area (Å²) in [6.07, 6.45) is -0.425. The molecule has 0 aliphatic carbocycles. The van der Waals surface area contributed by atoms with Crippen LogP contribution in [-0.2, 0) is 14.8 Å². The molecule has 1 aromatic rings.